The highest BCUT2D eigenvalue weighted by Crippen LogP contribution is 1.98. The summed E-state index contributed by atoms with van der Waals surface area (Å²) >= 11 is 1.53. The molecule has 0 radical (unpaired) electrons. The number of nitrogens with zero attached hydrogens (tertiary/aromatic N) is 2. The monoisotopic (exact) mass is 382 g/mol. The summed E-state index contributed by atoms with van der Waals surface area (Å²) in [4.78, 5) is 12.9. The Morgan fingerprint density at radius 1 is 1.63 bits per heavy atom. The lowest BCUT2D eigenvalue weighted by Crippen LogP contribution is -2.38. The average molecular weight is 382 g/mol. The largest absolute Gasteiger partial charge is 0.394 e. The van der Waals surface area contributed by atoms with Crippen LogP contribution in [0.25, 0.3) is 0 Å². The van der Waals surface area contributed by atoms with E-state index >= 15 is 0 Å². The quantitative estimate of drug-likeness (QED) is 0.327. The van der Waals surface area contributed by atoms with E-state index in [1.165, 1.54) is 23.0 Å². The fourth-order valence-electron chi connectivity index (χ4n) is 1.42. The van der Waals surface area contributed by atoms with Crippen LogP contribution >= 0.6 is 23.0 Å². The number of rotatable bonds is 11. The van der Waals surface area contributed by atoms with Gasteiger partial charge < -0.3 is 12.9 Å². The maximum Gasteiger partial charge on any atom is 0.329 e. The number of unbranched alkanes of at least 4 members (excludes halogenated alkanes) is 1. The molecule has 19 heavy (non-hydrogen) atoms. The SMILES string of the molecule is C=CCN(CC(=O)OI)CC(O)COCCCC#N. The normalized spacial score (nSPS) is 11.9. The first kappa shape index (κ1) is 18.3. The Labute approximate surface area is 127 Å². The zero-order chi connectivity index (χ0) is 14.5. The molecule has 0 aromatic heterocycles. The molecule has 0 aromatic rings. The predicted octanol–water partition coefficient (Wildman–Crippen LogP) is 1.05. The second-order valence-electron chi connectivity index (χ2n) is 3.92. The summed E-state index contributed by atoms with van der Waals surface area (Å²) in [5.41, 5.74) is 0. The van der Waals surface area contributed by atoms with E-state index in [4.69, 9.17) is 10.00 Å². The zero-order valence-corrected chi connectivity index (χ0v) is 12.9. The smallest absolute Gasteiger partial charge is 0.329 e. The number of nitriles is 1. The molecular formula is C12H19IN2O4. The number of carbonyl (C=O) groups is 1. The van der Waals surface area contributed by atoms with Crippen LogP contribution in [0.1, 0.15) is 12.8 Å². The van der Waals surface area contributed by atoms with Crippen molar-refractivity contribution in [2.75, 3.05) is 32.8 Å². The topological polar surface area (TPSA) is 82.8 Å². The fraction of sp³-hybridized carbons (Fsp3) is 0.667. The Morgan fingerprint density at radius 2 is 2.37 bits per heavy atom. The highest BCUT2D eigenvalue weighted by atomic mass is 127. The van der Waals surface area contributed by atoms with E-state index in [-0.39, 0.29) is 19.1 Å². The molecule has 0 aliphatic carbocycles. The standard InChI is InChI=1S/C12H19IN2O4/c1-2-6-15(9-12(17)19-13)8-11(16)10-18-7-4-3-5-14/h2,11,16H,1,3-4,6-10H2. The third-order valence-corrected chi connectivity index (χ3v) is 2.67. The molecular weight excluding hydrogens is 363 g/mol. The van der Waals surface area contributed by atoms with Crippen molar-refractivity contribution < 1.29 is 17.7 Å². The lowest BCUT2D eigenvalue weighted by atomic mass is 10.3. The Balaban J connectivity index is 3.89. The third-order valence-electron chi connectivity index (χ3n) is 2.18. The van der Waals surface area contributed by atoms with Gasteiger partial charge in [0, 0.05) is 26.1 Å². The van der Waals surface area contributed by atoms with E-state index in [2.05, 4.69) is 9.65 Å². The van der Waals surface area contributed by atoms with E-state index in [1.54, 1.807) is 11.0 Å². The molecule has 0 fully saturated rings. The molecule has 108 valence electrons. The second-order valence-corrected chi connectivity index (χ2v) is 4.36. The summed E-state index contributed by atoms with van der Waals surface area (Å²) in [5, 5.41) is 18.1. The van der Waals surface area contributed by atoms with Gasteiger partial charge in [-0.3, -0.25) is 4.90 Å². The van der Waals surface area contributed by atoms with Gasteiger partial charge in [-0.25, -0.2) is 4.79 Å². The fourth-order valence-corrected chi connectivity index (χ4v) is 1.56. The first-order chi connectivity index (χ1) is 9.13. The van der Waals surface area contributed by atoms with Gasteiger partial charge in [0.25, 0.3) is 0 Å². The van der Waals surface area contributed by atoms with Crippen LogP contribution in [-0.2, 0) is 12.6 Å². The van der Waals surface area contributed by atoms with Crippen LogP contribution in [0.2, 0.25) is 0 Å². The molecule has 1 N–H and O–H groups in total. The molecule has 0 spiro atoms. The minimum Gasteiger partial charge on any atom is -0.394 e. The molecule has 0 amide bonds. The van der Waals surface area contributed by atoms with Crippen LogP contribution in [0.5, 0.6) is 0 Å². The van der Waals surface area contributed by atoms with Gasteiger partial charge in [0.2, 0.25) is 0 Å². The van der Waals surface area contributed by atoms with E-state index in [0.717, 1.165) is 0 Å². The van der Waals surface area contributed by atoms with Crippen LogP contribution in [0.15, 0.2) is 12.7 Å². The van der Waals surface area contributed by atoms with Crippen molar-refractivity contribution in [2.45, 2.75) is 18.9 Å². The molecule has 0 heterocycles. The molecule has 1 atom stereocenters. The number of carbonyl (C=O) groups excluding carboxylic acids is 1. The van der Waals surface area contributed by atoms with Gasteiger partial charge >= 0.3 is 5.97 Å². The van der Waals surface area contributed by atoms with E-state index in [9.17, 15) is 9.90 Å². The summed E-state index contributed by atoms with van der Waals surface area (Å²) in [5.74, 6) is -0.371. The van der Waals surface area contributed by atoms with Crippen molar-refractivity contribution >= 4 is 29.0 Å². The Morgan fingerprint density at radius 3 is 2.95 bits per heavy atom. The first-order valence-corrected chi connectivity index (χ1v) is 6.79. The van der Waals surface area contributed by atoms with Crippen molar-refractivity contribution in [1.82, 2.24) is 4.90 Å². The molecule has 0 bridgehead atoms. The lowest BCUT2D eigenvalue weighted by molar-refractivity contribution is -0.132. The van der Waals surface area contributed by atoms with Crippen molar-refractivity contribution in [3.8, 4) is 6.07 Å². The molecule has 6 nitrogen and oxygen atoms in total. The molecule has 0 rings (SSSR count). The molecule has 0 aliphatic rings. The minimum absolute atomic E-state index is 0.0977. The van der Waals surface area contributed by atoms with Gasteiger partial charge in [0.1, 0.15) is 0 Å². The average Bonchev–Trinajstić information content (AvgIpc) is 2.38. The van der Waals surface area contributed by atoms with Gasteiger partial charge in [0.05, 0.1) is 25.3 Å². The number of hydrogen-bond donors (Lipinski definition) is 1. The Hall–Kier alpha value is -0.690. The summed E-state index contributed by atoms with van der Waals surface area (Å²) in [6, 6.07) is 2.02. The number of halogens is 1. The van der Waals surface area contributed by atoms with Crippen LogP contribution in [0.4, 0.5) is 0 Å². The maximum absolute atomic E-state index is 11.2. The van der Waals surface area contributed by atoms with Crippen LogP contribution in [-0.4, -0.2) is 54.9 Å². The van der Waals surface area contributed by atoms with Crippen LogP contribution in [0.3, 0.4) is 0 Å². The van der Waals surface area contributed by atoms with Crippen molar-refractivity contribution in [3.63, 3.8) is 0 Å². The molecule has 0 saturated carbocycles. The second kappa shape index (κ2) is 12.3. The number of hydrogen-bond acceptors (Lipinski definition) is 6. The van der Waals surface area contributed by atoms with Gasteiger partial charge in [-0.05, 0) is 6.42 Å². The molecule has 0 aliphatic heterocycles. The van der Waals surface area contributed by atoms with Crippen molar-refractivity contribution in [3.05, 3.63) is 12.7 Å². The number of aliphatic hydroxyl groups is 1. The predicted molar refractivity (Wildman–Crippen MR) is 78.4 cm³/mol. The van der Waals surface area contributed by atoms with Gasteiger partial charge in [-0.2, -0.15) is 5.26 Å². The van der Waals surface area contributed by atoms with Crippen LogP contribution < -0.4 is 0 Å². The lowest BCUT2D eigenvalue weighted by Gasteiger charge is -2.22. The van der Waals surface area contributed by atoms with E-state index in [0.29, 0.717) is 32.5 Å². The Bertz CT molecular complexity index is 307. The summed E-state index contributed by atoms with van der Waals surface area (Å²) in [6.45, 7) is 5.11. The van der Waals surface area contributed by atoms with Crippen molar-refractivity contribution in [2.24, 2.45) is 0 Å². The van der Waals surface area contributed by atoms with Crippen LogP contribution in [0, 0.1) is 11.3 Å². The van der Waals surface area contributed by atoms with Gasteiger partial charge in [-0.15, -0.1) is 6.58 Å². The Kier molecular flexibility index (Phi) is 11.9. The molecule has 7 heteroatoms. The van der Waals surface area contributed by atoms with E-state index in [1.807, 2.05) is 6.07 Å². The minimum atomic E-state index is -0.691. The summed E-state index contributed by atoms with van der Waals surface area (Å²) < 4.78 is 9.78. The first-order valence-electron chi connectivity index (χ1n) is 5.91. The highest BCUT2D eigenvalue weighted by molar-refractivity contribution is 14.1. The summed E-state index contributed by atoms with van der Waals surface area (Å²) in [7, 11) is 0. The summed E-state index contributed by atoms with van der Waals surface area (Å²) in [6.07, 6.45) is 2.06. The maximum atomic E-state index is 11.2. The number of ether oxygens (including phenoxy) is 1. The van der Waals surface area contributed by atoms with E-state index < -0.39 is 6.10 Å². The highest BCUT2D eigenvalue weighted by Gasteiger charge is 2.14. The molecule has 0 aromatic carbocycles. The molecule has 0 saturated heterocycles. The zero-order valence-electron chi connectivity index (χ0n) is 10.8. The third kappa shape index (κ3) is 10.9. The molecule has 1 unspecified atom stereocenters. The van der Waals surface area contributed by atoms with Gasteiger partial charge in [-0.1, -0.05) is 6.08 Å². The van der Waals surface area contributed by atoms with Crippen molar-refractivity contribution in [1.29, 1.82) is 5.26 Å². The van der Waals surface area contributed by atoms with Gasteiger partial charge in [0.15, 0.2) is 23.0 Å². The number of aliphatic hydroxyl groups excluding tert-OH is 1.